The highest BCUT2D eigenvalue weighted by Gasteiger charge is 2.37. The highest BCUT2D eigenvalue weighted by Crippen LogP contribution is 2.25. The summed E-state index contributed by atoms with van der Waals surface area (Å²) in [5.41, 5.74) is 2.67. The Morgan fingerprint density at radius 1 is 1.39 bits per heavy atom. The number of piperazine rings is 1. The van der Waals surface area contributed by atoms with E-state index in [1.54, 1.807) is 0 Å². The Labute approximate surface area is 110 Å². The third-order valence-corrected chi connectivity index (χ3v) is 4.15. The molecule has 3 heteroatoms. The van der Waals surface area contributed by atoms with Gasteiger partial charge >= 0.3 is 0 Å². The van der Waals surface area contributed by atoms with Gasteiger partial charge < -0.3 is 5.32 Å². The minimum Gasteiger partial charge on any atom is -0.311 e. The summed E-state index contributed by atoms with van der Waals surface area (Å²) >= 11 is 0. The van der Waals surface area contributed by atoms with E-state index in [-0.39, 0.29) is 5.41 Å². The first-order valence-electron chi connectivity index (χ1n) is 6.95. The number of pyridine rings is 1. The Balaban J connectivity index is 1.67. The van der Waals surface area contributed by atoms with Crippen molar-refractivity contribution in [2.45, 2.75) is 51.2 Å². The van der Waals surface area contributed by atoms with E-state index in [4.69, 9.17) is 0 Å². The average Bonchev–Trinajstić information content (AvgIpc) is 2.90. The van der Waals surface area contributed by atoms with Crippen LogP contribution in [0.25, 0.3) is 0 Å². The molecule has 98 valence electrons. The smallest absolute Gasteiger partial charge is 0.0457 e. The van der Waals surface area contributed by atoms with Crippen LogP contribution in [0.3, 0.4) is 0 Å². The number of nitrogens with zero attached hydrogens (tertiary/aromatic N) is 2. The molecule has 1 aromatic heterocycles. The van der Waals surface area contributed by atoms with Crippen LogP contribution in [-0.2, 0) is 12.0 Å². The van der Waals surface area contributed by atoms with Gasteiger partial charge in [-0.25, -0.2) is 0 Å². The summed E-state index contributed by atoms with van der Waals surface area (Å²) in [6, 6.07) is 5.91. The highest BCUT2D eigenvalue weighted by molar-refractivity contribution is 5.19. The fraction of sp³-hybridized carbons (Fsp3) is 0.667. The van der Waals surface area contributed by atoms with E-state index in [2.05, 4.69) is 54.3 Å². The summed E-state index contributed by atoms with van der Waals surface area (Å²) in [7, 11) is 0. The molecule has 3 nitrogen and oxygen atoms in total. The fourth-order valence-corrected chi connectivity index (χ4v) is 3.04. The van der Waals surface area contributed by atoms with Gasteiger partial charge in [-0.1, -0.05) is 26.8 Å². The van der Waals surface area contributed by atoms with Crippen LogP contribution < -0.4 is 5.32 Å². The van der Waals surface area contributed by atoms with Gasteiger partial charge in [0.1, 0.15) is 0 Å². The topological polar surface area (TPSA) is 28.2 Å². The maximum Gasteiger partial charge on any atom is 0.0457 e. The molecule has 2 aliphatic rings. The summed E-state index contributed by atoms with van der Waals surface area (Å²) in [6.45, 7) is 10.0. The molecule has 2 aliphatic heterocycles. The molecular weight excluding hydrogens is 222 g/mol. The number of hydrogen-bond donors (Lipinski definition) is 1. The van der Waals surface area contributed by atoms with Crippen molar-refractivity contribution in [3.05, 3.63) is 29.6 Å². The number of likely N-dealkylation sites (tertiary alicyclic amines) is 1. The third kappa shape index (κ3) is 2.29. The molecule has 0 radical (unpaired) electrons. The third-order valence-electron chi connectivity index (χ3n) is 4.15. The van der Waals surface area contributed by atoms with Crippen LogP contribution in [-0.4, -0.2) is 35.1 Å². The second kappa shape index (κ2) is 4.32. The van der Waals surface area contributed by atoms with Gasteiger partial charge in [-0.3, -0.25) is 9.88 Å². The van der Waals surface area contributed by atoms with Gasteiger partial charge in [0.05, 0.1) is 0 Å². The SMILES string of the molecule is CC(C)(C)c1ccc(CN2C[C@H]3C[C@@H]2CN3)cn1. The maximum absolute atomic E-state index is 4.61. The predicted octanol–water partition coefficient (Wildman–Crippen LogP) is 1.93. The van der Waals surface area contributed by atoms with Crippen molar-refractivity contribution in [3.63, 3.8) is 0 Å². The van der Waals surface area contributed by atoms with Crippen LogP contribution in [0.2, 0.25) is 0 Å². The largest absolute Gasteiger partial charge is 0.311 e. The first-order chi connectivity index (χ1) is 8.52. The zero-order chi connectivity index (χ0) is 12.8. The van der Waals surface area contributed by atoms with Gasteiger partial charge in [-0.05, 0) is 18.1 Å². The van der Waals surface area contributed by atoms with E-state index in [0.717, 1.165) is 25.2 Å². The summed E-state index contributed by atoms with van der Waals surface area (Å²) in [6.07, 6.45) is 3.38. The van der Waals surface area contributed by atoms with Crippen molar-refractivity contribution in [3.8, 4) is 0 Å². The molecule has 2 bridgehead atoms. The molecule has 3 rings (SSSR count). The van der Waals surface area contributed by atoms with Crippen LogP contribution in [0.1, 0.15) is 38.4 Å². The van der Waals surface area contributed by atoms with E-state index in [9.17, 15) is 0 Å². The molecule has 18 heavy (non-hydrogen) atoms. The van der Waals surface area contributed by atoms with E-state index in [0.29, 0.717) is 0 Å². The van der Waals surface area contributed by atoms with E-state index >= 15 is 0 Å². The molecule has 0 unspecified atom stereocenters. The monoisotopic (exact) mass is 245 g/mol. The van der Waals surface area contributed by atoms with Crippen LogP contribution in [0.15, 0.2) is 18.3 Å². The summed E-state index contributed by atoms with van der Waals surface area (Å²) in [5, 5.41) is 3.54. The van der Waals surface area contributed by atoms with Crippen LogP contribution in [0, 0.1) is 0 Å². The van der Waals surface area contributed by atoms with Crippen molar-refractivity contribution in [2.24, 2.45) is 0 Å². The Morgan fingerprint density at radius 2 is 2.22 bits per heavy atom. The molecule has 2 saturated heterocycles. The second-order valence-corrected chi connectivity index (χ2v) is 6.73. The zero-order valence-electron chi connectivity index (χ0n) is 11.6. The molecule has 0 aliphatic carbocycles. The lowest BCUT2D eigenvalue weighted by Gasteiger charge is -2.27. The van der Waals surface area contributed by atoms with E-state index in [1.165, 1.54) is 24.2 Å². The molecule has 0 aromatic carbocycles. The van der Waals surface area contributed by atoms with Crippen molar-refractivity contribution in [1.29, 1.82) is 0 Å². The molecule has 2 fully saturated rings. The average molecular weight is 245 g/mol. The standard InChI is InChI=1S/C15H23N3/c1-15(2,3)14-5-4-11(7-17-14)9-18-10-12-6-13(18)8-16-12/h4-5,7,12-13,16H,6,8-10H2,1-3H3/t12-,13-/m1/s1. The van der Waals surface area contributed by atoms with Gasteiger partial charge in [0.15, 0.2) is 0 Å². The molecule has 0 saturated carbocycles. The second-order valence-electron chi connectivity index (χ2n) is 6.73. The Hall–Kier alpha value is -0.930. The maximum atomic E-state index is 4.61. The molecule has 1 N–H and O–H groups in total. The van der Waals surface area contributed by atoms with Gasteiger partial charge in [0.2, 0.25) is 0 Å². The van der Waals surface area contributed by atoms with E-state index in [1.807, 2.05) is 0 Å². The molecular formula is C15H23N3. The van der Waals surface area contributed by atoms with E-state index < -0.39 is 0 Å². The Bertz CT molecular complexity index is 418. The molecule has 0 spiro atoms. The Morgan fingerprint density at radius 3 is 2.72 bits per heavy atom. The molecule has 3 heterocycles. The quantitative estimate of drug-likeness (QED) is 0.863. The normalized spacial score (nSPS) is 27.9. The number of rotatable bonds is 2. The molecule has 2 atom stereocenters. The Kier molecular flexibility index (Phi) is 2.91. The number of fused-ring (bicyclic) bond motifs is 2. The van der Waals surface area contributed by atoms with Crippen molar-refractivity contribution in [1.82, 2.24) is 15.2 Å². The van der Waals surface area contributed by atoms with Crippen molar-refractivity contribution < 1.29 is 0 Å². The molecule has 1 aromatic rings. The zero-order valence-corrected chi connectivity index (χ0v) is 11.6. The number of nitrogens with one attached hydrogen (secondary N) is 1. The van der Waals surface area contributed by atoms with Crippen molar-refractivity contribution >= 4 is 0 Å². The minimum atomic E-state index is 0.148. The van der Waals surface area contributed by atoms with Crippen LogP contribution >= 0.6 is 0 Å². The lowest BCUT2D eigenvalue weighted by molar-refractivity contribution is 0.217. The molecule has 0 amide bonds. The highest BCUT2D eigenvalue weighted by atomic mass is 15.3. The van der Waals surface area contributed by atoms with Gasteiger partial charge in [-0.2, -0.15) is 0 Å². The van der Waals surface area contributed by atoms with Crippen LogP contribution in [0.5, 0.6) is 0 Å². The number of aromatic nitrogens is 1. The van der Waals surface area contributed by atoms with Crippen LogP contribution in [0.4, 0.5) is 0 Å². The first kappa shape index (κ1) is 12.1. The van der Waals surface area contributed by atoms with Crippen molar-refractivity contribution in [2.75, 3.05) is 13.1 Å². The predicted molar refractivity (Wildman–Crippen MR) is 73.5 cm³/mol. The first-order valence-corrected chi connectivity index (χ1v) is 6.95. The number of hydrogen-bond acceptors (Lipinski definition) is 3. The minimum absolute atomic E-state index is 0.148. The van der Waals surface area contributed by atoms with Gasteiger partial charge in [0.25, 0.3) is 0 Å². The summed E-state index contributed by atoms with van der Waals surface area (Å²) in [5.74, 6) is 0. The lowest BCUT2D eigenvalue weighted by atomic mass is 9.91. The summed E-state index contributed by atoms with van der Waals surface area (Å²) < 4.78 is 0. The summed E-state index contributed by atoms with van der Waals surface area (Å²) in [4.78, 5) is 7.20. The fourth-order valence-electron chi connectivity index (χ4n) is 3.04. The van der Waals surface area contributed by atoms with Gasteiger partial charge in [0, 0.05) is 49.0 Å². The van der Waals surface area contributed by atoms with Gasteiger partial charge in [-0.15, -0.1) is 0 Å². The lowest BCUT2D eigenvalue weighted by Crippen LogP contribution is -2.42.